The van der Waals surface area contributed by atoms with Crippen molar-refractivity contribution in [2.45, 2.75) is 5.41 Å². The highest BCUT2D eigenvalue weighted by molar-refractivity contribution is 6.26. The number of rotatable bonds is 5. The maximum atomic E-state index is 2.45. The van der Waals surface area contributed by atoms with Gasteiger partial charge in [-0.25, -0.2) is 0 Å². The predicted molar refractivity (Wildman–Crippen MR) is 261 cm³/mol. The molecular formula is C61H39N. The van der Waals surface area contributed by atoms with Gasteiger partial charge in [-0.1, -0.05) is 206 Å². The monoisotopic (exact) mass is 785 g/mol. The van der Waals surface area contributed by atoms with Crippen molar-refractivity contribution >= 4 is 49.4 Å². The molecule has 0 amide bonds. The van der Waals surface area contributed by atoms with E-state index in [4.69, 9.17) is 0 Å². The number of anilines is 3. The minimum Gasteiger partial charge on any atom is -0.310 e. The minimum absolute atomic E-state index is 0.424. The van der Waals surface area contributed by atoms with Crippen molar-refractivity contribution in [1.29, 1.82) is 0 Å². The zero-order chi connectivity index (χ0) is 40.8. The predicted octanol–water partition coefficient (Wildman–Crippen LogP) is 16.3. The molecule has 0 aromatic heterocycles. The summed E-state index contributed by atoms with van der Waals surface area (Å²) in [6.45, 7) is 0. The summed E-state index contributed by atoms with van der Waals surface area (Å²) in [5, 5.41) is 7.60. The molecule has 0 heterocycles. The smallest absolute Gasteiger partial charge is 0.0731 e. The molecule has 0 unspecified atom stereocenters. The molecule has 0 bridgehead atoms. The zero-order valence-electron chi connectivity index (χ0n) is 34.0. The van der Waals surface area contributed by atoms with Crippen molar-refractivity contribution in [2.75, 3.05) is 4.90 Å². The molecule has 0 aliphatic heterocycles. The van der Waals surface area contributed by atoms with Crippen LogP contribution in [0.15, 0.2) is 237 Å². The fourth-order valence-corrected chi connectivity index (χ4v) is 11.2. The molecule has 11 aromatic rings. The number of nitrogens with zero attached hydrogens (tertiary/aromatic N) is 1. The number of hydrogen-bond donors (Lipinski definition) is 0. The first-order valence-corrected chi connectivity index (χ1v) is 21.6. The highest BCUT2D eigenvalue weighted by atomic mass is 15.1. The van der Waals surface area contributed by atoms with Crippen molar-refractivity contribution in [2.24, 2.45) is 0 Å². The van der Waals surface area contributed by atoms with Gasteiger partial charge in [0.2, 0.25) is 0 Å². The van der Waals surface area contributed by atoms with Crippen molar-refractivity contribution in [3.05, 3.63) is 259 Å². The normalized spacial score (nSPS) is 13.0. The van der Waals surface area contributed by atoms with E-state index in [2.05, 4.69) is 241 Å². The largest absolute Gasteiger partial charge is 0.310 e. The first kappa shape index (κ1) is 34.8. The summed E-state index contributed by atoms with van der Waals surface area (Å²) in [5.41, 5.74) is 18.4. The third-order valence-corrected chi connectivity index (χ3v) is 13.7. The quantitative estimate of drug-likeness (QED) is 0.157. The van der Waals surface area contributed by atoms with Gasteiger partial charge in [-0.3, -0.25) is 0 Å². The number of benzene rings is 11. The summed E-state index contributed by atoms with van der Waals surface area (Å²) >= 11 is 0. The van der Waals surface area contributed by atoms with E-state index in [1.165, 1.54) is 99.1 Å². The maximum Gasteiger partial charge on any atom is 0.0731 e. The van der Waals surface area contributed by atoms with Gasteiger partial charge in [0, 0.05) is 16.9 Å². The van der Waals surface area contributed by atoms with Crippen LogP contribution in [0.2, 0.25) is 0 Å². The van der Waals surface area contributed by atoms with Crippen LogP contribution in [0.3, 0.4) is 0 Å². The average molecular weight is 786 g/mol. The lowest BCUT2D eigenvalue weighted by molar-refractivity contribution is 0.796. The summed E-state index contributed by atoms with van der Waals surface area (Å²) in [4.78, 5) is 2.45. The van der Waals surface area contributed by atoms with Crippen molar-refractivity contribution in [3.63, 3.8) is 0 Å². The molecule has 0 saturated carbocycles. The van der Waals surface area contributed by atoms with Crippen LogP contribution >= 0.6 is 0 Å². The Balaban J connectivity index is 1.03. The molecule has 2 aliphatic carbocycles. The van der Waals surface area contributed by atoms with Crippen LogP contribution in [0, 0.1) is 0 Å². The standard InChI is InChI=1S/C61H39N/c1-2-17-40(18-3-1)44-19-11-15-32-59(44)62(43-37-38-50-48-22-5-4-20-46(48)47-21-6-7-23-49(47)55(50)39-43)42-35-33-41(34-36-42)45-27-16-28-54-53-26-10-14-31-58(53)61(60(45)54)56-29-12-8-24-51(56)52-25-9-13-30-57(52)61/h1-39H. The van der Waals surface area contributed by atoms with E-state index in [9.17, 15) is 0 Å². The van der Waals surface area contributed by atoms with E-state index in [0.29, 0.717) is 0 Å². The van der Waals surface area contributed by atoms with Crippen LogP contribution in [0.1, 0.15) is 22.3 Å². The van der Waals surface area contributed by atoms with Crippen LogP contribution in [-0.2, 0) is 5.41 Å². The second-order valence-corrected chi connectivity index (χ2v) is 16.7. The van der Waals surface area contributed by atoms with Crippen LogP contribution in [-0.4, -0.2) is 0 Å². The van der Waals surface area contributed by atoms with Crippen LogP contribution in [0.5, 0.6) is 0 Å². The summed E-state index contributed by atoms with van der Waals surface area (Å²) in [7, 11) is 0. The molecule has 0 saturated heterocycles. The van der Waals surface area contributed by atoms with Crippen molar-refractivity contribution < 1.29 is 0 Å². The van der Waals surface area contributed by atoms with Gasteiger partial charge in [-0.2, -0.15) is 0 Å². The summed E-state index contributed by atoms with van der Waals surface area (Å²) in [6, 6.07) is 87.7. The molecule has 1 heteroatoms. The Hall–Kier alpha value is -8.00. The van der Waals surface area contributed by atoms with E-state index in [-0.39, 0.29) is 0 Å². The van der Waals surface area contributed by atoms with Gasteiger partial charge in [-0.05, 0) is 124 Å². The molecule has 2 aliphatic rings. The first-order chi connectivity index (χ1) is 30.8. The summed E-state index contributed by atoms with van der Waals surface area (Å²) in [5.74, 6) is 0. The van der Waals surface area contributed by atoms with Gasteiger partial charge in [0.25, 0.3) is 0 Å². The Kier molecular flexibility index (Phi) is 7.59. The number of para-hydroxylation sites is 1. The average Bonchev–Trinajstić information content (AvgIpc) is 3.82. The Morgan fingerprint density at radius 3 is 1.29 bits per heavy atom. The second-order valence-electron chi connectivity index (χ2n) is 16.7. The van der Waals surface area contributed by atoms with Gasteiger partial charge in [-0.15, -0.1) is 0 Å². The Morgan fingerprint density at radius 2 is 0.677 bits per heavy atom. The van der Waals surface area contributed by atoms with Gasteiger partial charge in [0.1, 0.15) is 0 Å². The Morgan fingerprint density at radius 1 is 0.258 bits per heavy atom. The molecule has 0 N–H and O–H groups in total. The fourth-order valence-electron chi connectivity index (χ4n) is 11.2. The zero-order valence-corrected chi connectivity index (χ0v) is 34.0. The van der Waals surface area contributed by atoms with Gasteiger partial charge in [0.05, 0.1) is 11.1 Å². The molecule has 62 heavy (non-hydrogen) atoms. The van der Waals surface area contributed by atoms with E-state index < -0.39 is 5.41 Å². The third-order valence-electron chi connectivity index (χ3n) is 13.7. The minimum atomic E-state index is -0.424. The fraction of sp³-hybridized carbons (Fsp3) is 0.0164. The number of fused-ring (bicyclic) bond motifs is 16. The molecule has 1 spiro atoms. The third kappa shape index (κ3) is 4.85. The van der Waals surface area contributed by atoms with E-state index in [1.54, 1.807) is 0 Å². The van der Waals surface area contributed by atoms with Crippen LogP contribution in [0.25, 0.3) is 76.8 Å². The lowest BCUT2D eigenvalue weighted by Gasteiger charge is -2.32. The maximum absolute atomic E-state index is 2.45. The number of hydrogen-bond acceptors (Lipinski definition) is 1. The Bertz CT molecular complexity index is 3480. The molecule has 0 atom stereocenters. The van der Waals surface area contributed by atoms with Gasteiger partial charge in [0.15, 0.2) is 0 Å². The van der Waals surface area contributed by atoms with Crippen molar-refractivity contribution in [3.8, 4) is 44.5 Å². The van der Waals surface area contributed by atoms with E-state index >= 15 is 0 Å². The molecule has 0 radical (unpaired) electrons. The first-order valence-electron chi connectivity index (χ1n) is 21.6. The summed E-state index contributed by atoms with van der Waals surface area (Å²) < 4.78 is 0. The van der Waals surface area contributed by atoms with Gasteiger partial charge < -0.3 is 4.90 Å². The van der Waals surface area contributed by atoms with Crippen molar-refractivity contribution in [1.82, 2.24) is 0 Å². The summed E-state index contributed by atoms with van der Waals surface area (Å²) in [6.07, 6.45) is 0. The SMILES string of the molecule is c1ccc(-c2ccccc2N(c2ccc(-c3cccc4c3C3(c5ccccc5-c5ccccc53)c3ccccc3-4)cc2)c2ccc3c4ccccc4c4ccccc4c3c2)cc1. The highest BCUT2D eigenvalue weighted by Crippen LogP contribution is 2.64. The molecule has 11 aromatic carbocycles. The highest BCUT2D eigenvalue weighted by Gasteiger charge is 2.52. The molecule has 13 rings (SSSR count). The lowest BCUT2D eigenvalue weighted by Crippen LogP contribution is -2.26. The van der Waals surface area contributed by atoms with Crippen LogP contribution < -0.4 is 4.90 Å². The van der Waals surface area contributed by atoms with E-state index in [1.807, 2.05) is 0 Å². The molecular weight excluding hydrogens is 747 g/mol. The molecule has 1 nitrogen and oxygen atoms in total. The molecule has 0 fully saturated rings. The van der Waals surface area contributed by atoms with Crippen LogP contribution in [0.4, 0.5) is 17.1 Å². The Labute approximate surface area is 361 Å². The molecule has 288 valence electrons. The second kappa shape index (κ2) is 13.5. The topological polar surface area (TPSA) is 3.24 Å². The van der Waals surface area contributed by atoms with Gasteiger partial charge >= 0.3 is 0 Å². The van der Waals surface area contributed by atoms with E-state index in [0.717, 1.165) is 17.1 Å². The lowest BCUT2D eigenvalue weighted by atomic mass is 9.68.